The maximum atomic E-state index is 13.3. The molecule has 0 bridgehead atoms. The molecule has 0 spiro atoms. The largest absolute Gasteiger partial charge is 0.489 e. The molecule has 188 valence electrons. The molecule has 38 heavy (non-hydrogen) atoms. The van der Waals surface area contributed by atoms with Gasteiger partial charge in [-0.3, -0.25) is 0 Å². The molecule has 5 aromatic rings. The average molecular weight is 521 g/mol. The average Bonchev–Trinajstić information content (AvgIpc) is 3.51. The Balaban J connectivity index is 1.38. The summed E-state index contributed by atoms with van der Waals surface area (Å²) in [6.45, 7) is 2.45. The molecule has 6 nitrogen and oxygen atoms in total. The van der Waals surface area contributed by atoms with Crippen molar-refractivity contribution in [2.45, 2.75) is 25.7 Å². The van der Waals surface area contributed by atoms with Crippen molar-refractivity contribution in [1.29, 1.82) is 0 Å². The zero-order valence-electron chi connectivity index (χ0n) is 20.6. The summed E-state index contributed by atoms with van der Waals surface area (Å²) in [5, 5.41) is 11.9. The molecule has 6 rings (SSSR count). The second-order valence-electron chi connectivity index (χ2n) is 9.32. The number of esters is 1. The molecule has 0 saturated heterocycles. The number of ether oxygens (including phenoxy) is 2. The summed E-state index contributed by atoms with van der Waals surface area (Å²) in [5.74, 6) is -1.86. The number of cyclic esters (lactones) is 1. The van der Waals surface area contributed by atoms with Crippen LogP contribution >= 0.6 is 11.7 Å². The summed E-state index contributed by atoms with van der Waals surface area (Å²) >= 11 is 1.12. The lowest BCUT2D eigenvalue weighted by molar-refractivity contribution is -0.185. The molecule has 0 saturated carbocycles. The van der Waals surface area contributed by atoms with Crippen LogP contribution in [0.15, 0.2) is 103 Å². The fourth-order valence-corrected chi connectivity index (χ4v) is 5.16. The molecule has 1 N–H and O–H groups in total. The Labute approximate surface area is 224 Å². The standard InChI is InChI=1S/C31H24N2O4S/c1-20-7-9-21(10-8-20)17-26-29(23-11-16-27-28(18-23)33-38-32-27)30(34)37-31(26,35)24-12-14-25(15-13-24)36-19-22-5-3-2-4-6-22/h2-16,18,35H,17,19H2,1H3. The van der Waals surface area contributed by atoms with Crippen molar-refractivity contribution in [2.75, 3.05) is 0 Å². The van der Waals surface area contributed by atoms with Crippen molar-refractivity contribution in [2.24, 2.45) is 0 Å². The number of aliphatic hydroxyl groups is 1. The predicted molar refractivity (Wildman–Crippen MR) is 146 cm³/mol. The minimum Gasteiger partial charge on any atom is -0.489 e. The van der Waals surface area contributed by atoms with E-state index in [1.165, 1.54) is 0 Å². The van der Waals surface area contributed by atoms with Gasteiger partial charge in [-0.05, 0) is 60.0 Å². The number of carbonyl (C=O) groups is 1. The van der Waals surface area contributed by atoms with Crippen LogP contribution in [0.2, 0.25) is 0 Å². The van der Waals surface area contributed by atoms with Crippen molar-refractivity contribution in [1.82, 2.24) is 8.75 Å². The Morgan fingerprint density at radius 1 is 0.868 bits per heavy atom. The van der Waals surface area contributed by atoms with Gasteiger partial charge in [0.25, 0.3) is 5.79 Å². The van der Waals surface area contributed by atoms with Crippen LogP contribution in [0, 0.1) is 6.92 Å². The van der Waals surface area contributed by atoms with E-state index < -0.39 is 11.8 Å². The monoisotopic (exact) mass is 520 g/mol. The summed E-state index contributed by atoms with van der Waals surface area (Å²) in [6, 6.07) is 30.4. The van der Waals surface area contributed by atoms with Crippen LogP contribution in [0.25, 0.3) is 16.6 Å². The number of nitrogens with zero attached hydrogens (tertiary/aromatic N) is 2. The van der Waals surface area contributed by atoms with Gasteiger partial charge in [-0.1, -0.05) is 66.2 Å². The molecule has 1 aromatic heterocycles. The first-order valence-corrected chi connectivity index (χ1v) is 13.0. The first-order chi connectivity index (χ1) is 18.5. The Kier molecular flexibility index (Phi) is 6.23. The Morgan fingerprint density at radius 2 is 1.61 bits per heavy atom. The Bertz CT molecular complexity index is 1640. The Morgan fingerprint density at radius 3 is 2.37 bits per heavy atom. The molecular formula is C31H24N2O4S. The van der Waals surface area contributed by atoms with Crippen molar-refractivity contribution in [3.8, 4) is 5.75 Å². The zero-order valence-corrected chi connectivity index (χ0v) is 21.4. The quantitative estimate of drug-likeness (QED) is 0.266. The molecule has 0 fully saturated rings. The number of benzene rings is 4. The van der Waals surface area contributed by atoms with E-state index in [2.05, 4.69) is 8.75 Å². The molecular weight excluding hydrogens is 496 g/mol. The second kappa shape index (κ2) is 9.85. The van der Waals surface area contributed by atoms with E-state index in [0.29, 0.717) is 46.6 Å². The highest BCUT2D eigenvalue weighted by molar-refractivity contribution is 7.00. The van der Waals surface area contributed by atoms with E-state index in [9.17, 15) is 9.90 Å². The van der Waals surface area contributed by atoms with Crippen LogP contribution in [0.4, 0.5) is 0 Å². The molecule has 0 aliphatic carbocycles. The van der Waals surface area contributed by atoms with Gasteiger partial charge in [0, 0.05) is 17.6 Å². The van der Waals surface area contributed by atoms with Crippen LogP contribution in [-0.2, 0) is 28.3 Å². The van der Waals surface area contributed by atoms with E-state index in [1.807, 2.05) is 79.7 Å². The molecule has 1 aliphatic rings. The fraction of sp³-hybridized carbons (Fsp3) is 0.129. The molecule has 0 radical (unpaired) electrons. The first kappa shape index (κ1) is 24.0. The normalized spacial score (nSPS) is 17.2. The van der Waals surface area contributed by atoms with Crippen molar-refractivity contribution >= 4 is 34.3 Å². The number of aryl methyl sites for hydroxylation is 1. The molecule has 1 atom stereocenters. The highest BCUT2D eigenvalue weighted by Gasteiger charge is 2.48. The number of fused-ring (bicyclic) bond motifs is 1. The zero-order chi connectivity index (χ0) is 26.1. The van der Waals surface area contributed by atoms with Crippen LogP contribution < -0.4 is 4.74 Å². The lowest BCUT2D eigenvalue weighted by Crippen LogP contribution is -2.29. The van der Waals surface area contributed by atoms with Gasteiger partial charge >= 0.3 is 5.97 Å². The van der Waals surface area contributed by atoms with E-state index >= 15 is 0 Å². The third-order valence-electron chi connectivity index (χ3n) is 6.69. The van der Waals surface area contributed by atoms with E-state index in [1.54, 1.807) is 24.3 Å². The fourth-order valence-electron chi connectivity index (χ4n) is 4.64. The number of aromatic nitrogens is 2. The summed E-state index contributed by atoms with van der Waals surface area (Å²) in [5.41, 5.74) is 6.50. The number of hydrogen-bond donors (Lipinski definition) is 1. The molecule has 1 unspecified atom stereocenters. The van der Waals surface area contributed by atoms with Gasteiger partial charge in [-0.15, -0.1) is 0 Å². The topological polar surface area (TPSA) is 81.5 Å². The van der Waals surface area contributed by atoms with Crippen molar-refractivity contribution in [3.63, 3.8) is 0 Å². The van der Waals surface area contributed by atoms with Crippen molar-refractivity contribution in [3.05, 3.63) is 130 Å². The lowest BCUT2D eigenvalue weighted by Gasteiger charge is -2.26. The van der Waals surface area contributed by atoms with Gasteiger partial charge in [0.05, 0.1) is 17.3 Å². The van der Waals surface area contributed by atoms with Crippen LogP contribution in [0.3, 0.4) is 0 Å². The van der Waals surface area contributed by atoms with Gasteiger partial charge in [0.15, 0.2) is 0 Å². The molecule has 2 heterocycles. The van der Waals surface area contributed by atoms with Gasteiger partial charge in [-0.2, -0.15) is 8.75 Å². The van der Waals surface area contributed by atoms with Crippen molar-refractivity contribution < 1.29 is 19.4 Å². The van der Waals surface area contributed by atoms with Gasteiger partial charge < -0.3 is 14.6 Å². The summed E-state index contributed by atoms with van der Waals surface area (Å²) < 4.78 is 20.2. The van der Waals surface area contributed by atoms with Crippen LogP contribution in [0.5, 0.6) is 5.75 Å². The molecule has 0 amide bonds. The van der Waals surface area contributed by atoms with E-state index in [0.717, 1.165) is 33.9 Å². The maximum Gasteiger partial charge on any atom is 0.342 e. The minimum absolute atomic E-state index is 0.331. The van der Waals surface area contributed by atoms with Crippen LogP contribution in [0.1, 0.15) is 27.8 Å². The second-order valence-corrected chi connectivity index (χ2v) is 9.84. The lowest BCUT2D eigenvalue weighted by atomic mass is 9.88. The third kappa shape index (κ3) is 4.58. The first-order valence-electron chi connectivity index (χ1n) is 12.2. The summed E-state index contributed by atoms with van der Waals surface area (Å²) in [6.07, 6.45) is 0.331. The molecule has 4 aromatic carbocycles. The highest BCUT2D eigenvalue weighted by Crippen LogP contribution is 2.45. The SMILES string of the molecule is Cc1ccc(CC2=C(c3ccc4nsnc4c3)C(=O)OC2(O)c2ccc(OCc3ccccc3)cc2)cc1. The molecule has 1 aliphatic heterocycles. The third-order valence-corrected chi connectivity index (χ3v) is 7.25. The number of rotatable bonds is 7. The molecule has 7 heteroatoms. The van der Waals surface area contributed by atoms with Crippen LogP contribution in [-0.4, -0.2) is 19.8 Å². The van der Waals surface area contributed by atoms with Gasteiger partial charge in [0.1, 0.15) is 23.4 Å². The number of hydrogen-bond acceptors (Lipinski definition) is 7. The number of carbonyl (C=O) groups excluding carboxylic acids is 1. The Hall–Kier alpha value is -4.33. The highest BCUT2D eigenvalue weighted by atomic mass is 32.1. The minimum atomic E-state index is -1.93. The smallest absolute Gasteiger partial charge is 0.342 e. The van der Waals surface area contributed by atoms with Gasteiger partial charge in [-0.25, -0.2) is 4.79 Å². The van der Waals surface area contributed by atoms with E-state index in [-0.39, 0.29) is 0 Å². The maximum absolute atomic E-state index is 13.3. The summed E-state index contributed by atoms with van der Waals surface area (Å²) in [7, 11) is 0. The van der Waals surface area contributed by atoms with E-state index in [4.69, 9.17) is 9.47 Å². The predicted octanol–water partition coefficient (Wildman–Crippen LogP) is 5.98. The van der Waals surface area contributed by atoms with Gasteiger partial charge in [0.2, 0.25) is 0 Å². The summed E-state index contributed by atoms with van der Waals surface area (Å²) in [4.78, 5) is 13.3.